The maximum atomic E-state index is 8.79. The maximum Gasteiger partial charge on any atom is 0.158 e. The monoisotopic (exact) mass is 392 g/mol. The second-order valence-corrected chi connectivity index (χ2v) is 7.90. The molecule has 2 aromatic carbocycles. The average molecular weight is 393 g/mol. The Morgan fingerprint density at radius 2 is 1.81 bits per heavy atom. The summed E-state index contributed by atoms with van der Waals surface area (Å²) in [4.78, 5) is 2.33. The largest absolute Gasteiger partial charge is 0.334 e. The van der Waals surface area contributed by atoms with Gasteiger partial charge in [0.1, 0.15) is 0 Å². The highest BCUT2D eigenvalue weighted by Crippen LogP contribution is 2.45. The van der Waals surface area contributed by atoms with Crippen LogP contribution in [0.4, 0.5) is 5.69 Å². The van der Waals surface area contributed by atoms with Gasteiger partial charge in [-0.2, -0.15) is 5.10 Å². The minimum atomic E-state index is 0.455. The molecule has 0 atom stereocenters. The van der Waals surface area contributed by atoms with Crippen LogP contribution in [-0.4, -0.2) is 23.0 Å². The molecular weight excluding hydrogens is 376 g/mol. The number of nitrogens with one attached hydrogen (secondary N) is 1. The van der Waals surface area contributed by atoms with Gasteiger partial charge >= 0.3 is 0 Å². The zero-order valence-electron chi connectivity index (χ0n) is 14.5. The van der Waals surface area contributed by atoms with Gasteiger partial charge < -0.3 is 4.90 Å². The van der Waals surface area contributed by atoms with E-state index in [2.05, 4.69) is 22.4 Å². The third kappa shape index (κ3) is 2.78. The lowest BCUT2D eigenvalue weighted by Crippen LogP contribution is -2.24. The highest BCUT2D eigenvalue weighted by molar-refractivity contribution is 8.06. The van der Waals surface area contributed by atoms with Gasteiger partial charge in [-0.1, -0.05) is 53.7 Å². The molecular formula is C21H17ClN4S. The molecule has 0 aromatic heterocycles. The van der Waals surface area contributed by atoms with Crippen molar-refractivity contribution in [1.29, 1.82) is 5.41 Å². The average Bonchev–Trinajstić information content (AvgIpc) is 3.19. The van der Waals surface area contributed by atoms with Crippen molar-refractivity contribution in [2.24, 2.45) is 5.10 Å². The smallest absolute Gasteiger partial charge is 0.158 e. The molecule has 0 saturated heterocycles. The minimum absolute atomic E-state index is 0.455. The molecule has 1 N–H and O–H groups in total. The van der Waals surface area contributed by atoms with E-state index in [4.69, 9.17) is 22.1 Å². The molecule has 3 heterocycles. The van der Waals surface area contributed by atoms with Crippen molar-refractivity contribution in [2.45, 2.75) is 12.8 Å². The zero-order chi connectivity index (χ0) is 18.4. The van der Waals surface area contributed by atoms with Crippen LogP contribution in [0.5, 0.6) is 0 Å². The maximum absolute atomic E-state index is 8.79. The molecule has 3 aliphatic heterocycles. The predicted molar refractivity (Wildman–Crippen MR) is 114 cm³/mol. The third-order valence-corrected chi connectivity index (χ3v) is 6.17. The molecule has 134 valence electrons. The Morgan fingerprint density at radius 1 is 1.04 bits per heavy atom. The standard InChI is InChI=1S/C21H17ClN4S/c22-15-10-8-14(9-11-15)18-13-27-21-19-17(7-4-12-25(18)21)24-26(20(19)23)16-5-2-1-3-6-16/h1-3,5-6,8-11,13,23H,4,7,12H2. The second-order valence-electron chi connectivity index (χ2n) is 6.61. The molecule has 0 spiro atoms. The first kappa shape index (κ1) is 16.7. The van der Waals surface area contributed by atoms with E-state index in [0.717, 1.165) is 52.0 Å². The van der Waals surface area contributed by atoms with Crippen LogP contribution in [-0.2, 0) is 0 Å². The van der Waals surface area contributed by atoms with E-state index in [0.29, 0.717) is 5.84 Å². The number of fused-ring (bicyclic) bond motifs is 2. The van der Waals surface area contributed by atoms with E-state index in [-0.39, 0.29) is 0 Å². The molecule has 5 rings (SSSR count). The van der Waals surface area contributed by atoms with Crippen LogP contribution < -0.4 is 5.01 Å². The number of hydrogen-bond acceptors (Lipinski definition) is 4. The van der Waals surface area contributed by atoms with E-state index < -0.39 is 0 Å². The summed E-state index contributed by atoms with van der Waals surface area (Å²) in [6, 6.07) is 17.9. The van der Waals surface area contributed by atoms with Crippen LogP contribution >= 0.6 is 23.4 Å². The Balaban J connectivity index is 1.54. The summed E-state index contributed by atoms with van der Waals surface area (Å²) >= 11 is 7.74. The van der Waals surface area contributed by atoms with Crippen LogP contribution in [0.2, 0.25) is 5.02 Å². The number of halogens is 1. The molecule has 0 saturated carbocycles. The van der Waals surface area contributed by atoms with Crippen LogP contribution in [0.3, 0.4) is 0 Å². The number of anilines is 1. The summed E-state index contributed by atoms with van der Waals surface area (Å²) < 4.78 is 0. The SMILES string of the molecule is N=C1C2=C3SC=C(c4ccc(Cl)cc4)N3CCCC2=NN1c1ccccc1. The molecule has 0 radical (unpaired) electrons. The number of para-hydroxylation sites is 1. The molecule has 0 aliphatic carbocycles. The summed E-state index contributed by atoms with van der Waals surface area (Å²) in [5.74, 6) is 0.455. The Bertz CT molecular complexity index is 1010. The fourth-order valence-electron chi connectivity index (χ4n) is 3.63. The Hall–Kier alpha value is -2.50. The number of hydrogen-bond donors (Lipinski definition) is 1. The highest BCUT2D eigenvalue weighted by atomic mass is 35.5. The fourth-order valence-corrected chi connectivity index (χ4v) is 4.89. The topological polar surface area (TPSA) is 42.7 Å². The van der Waals surface area contributed by atoms with Gasteiger partial charge in [-0.25, -0.2) is 5.01 Å². The van der Waals surface area contributed by atoms with Crippen molar-refractivity contribution >= 4 is 46.3 Å². The Labute approximate surface area is 167 Å². The van der Waals surface area contributed by atoms with Crippen molar-refractivity contribution in [3.63, 3.8) is 0 Å². The first-order valence-corrected chi connectivity index (χ1v) is 10.1. The summed E-state index contributed by atoms with van der Waals surface area (Å²) in [6.45, 7) is 0.929. The highest BCUT2D eigenvalue weighted by Gasteiger charge is 2.37. The predicted octanol–water partition coefficient (Wildman–Crippen LogP) is 5.55. The van der Waals surface area contributed by atoms with Gasteiger partial charge in [-0.15, -0.1) is 0 Å². The molecule has 0 amide bonds. The van der Waals surface area contributed by atoms with Crippen LogP contribution in [0.15, 0.2) is 75.7 Å². The Morgan fingerprint density at radius 3 is 2.59 bits per heavy atom. The molecule has 4 nitrogen and oxygen atoms in total. The molecule has 0 bridgehead atoms. The molecule has 3 aliphatic rings. The van der Waals surface area contributed by atoms with Gasteiger partial charge in [0.2, 0.25) is 0 Å². The first-order chi connectivity index (χ1) is 13.2. The lowest BCUT2D eigenvalue weighted by molar-refractivity contribution is 0.516. The van der Waals surface area contributed by atoms with Crippen molar-refractivity contribution < 1.29 is 0 Å². The first-order valence-electron chi connectivity index (χ1n) is 8.89. The van der Waals surface area contributed by atoms with Gasteiger partial charge in [-0.05, 0) is 42.7 Å². The number of amidine groups is 1. The lowest BCUT2D eigenvalue weighted by atomic mass is 10.1. The fraction of sp³-hybridized carbons (Fsp3) is 0.143. The number of rotatable bonds is 2. The summed E-state index contributed by atoms with van der Waals surface area (Å²) in [6.07, 6.45) is 1.89. The van der Waals surface area contributed by atoms with Crippen molar-refractivity contribution in [3.8, 4) is 0 Å². The van der Waals surface area contributed by atoms with Gasteiger partial charge in [0.05, 0.1) is 27.7 Å². The summed E-state index contributed by atoms with van der Waals surface area (Å²) in [7, 11) is 0. The van der Waals surface area contributed by atoms with Crippen molar-refractivity contribution in [1.82, 2.24) is 4.90 Å². The number of nitrogens with zero attached hydrogens (tertiary/aromatic N) is 3. The van der Waals surface area contributed by atoms with Gasteiger partial charge in [0.25, 0.3) is 0 Å². The van der Waals surface area contributed by atoms with E-state index in [1.807, 2.05) is 42.5 Å². The number of benzene rings is 2. The lowest BCUT2D eigenvalue weighted by Gasteiger charge is -2.23. The van der Waals surface area contributed by atoms with Crippen LogP contribution in [0.25, 0.3) is 5.70 Å². The van der Waals surface area contributed by atoms with E-state index in [1.54, 1.807) is 16.8 Å². The summed E-state index contributed by atoms with van der Waals surface area (Å²) in [5.41, 5.74) is 5.22. The van der Waals surface area contributed by atoms with Gasteiger partial charge in [0, 0.05) is 17.0 Å². The molecule has 0 unspecified atom stereocenters. The minimum Gasteiger partial charge on any atom is -0.334 e. The van der Waals surface area contributed by atoms with E-state index in [1.165, 1.54) is 5.70 Å². The third-order valence-electron chi connectivity index (χ3n) is 4.93. The second kappa shape index (κ2) is 6.59. The normalized spacial score (nSPS) is 18.9. The molecule has 2 aromatic rings. The molecule has 0 fully saturated rings. The number of thioether (sulfide) groups is 1. The van der Waals surface area contributed by atoms with Gasteiger partial charge in [-0.3, -0.25) is 5.41 Å². The molecule has 27 heavy (non-hydrogen) atoms. The summed E-state index contributed by atoms with van der Waals surface area (Å²) in [5, 5.41) is 19.3. The van der Waals surface area contributed by atoms with E-state index >= 15 is 0 Å². The van der Waals surface area contributed by atoms with E-state index in [9.17, 15) is 0 Å². The Kier molecular flexibility index (Phi) is 4.06. The quantitative estimate of drug-likeness (QED) is 0.728. The van der Waals surface area contributed by atoms with Crippen molar-refractivity contribution in [2.75, 3.05) is 11.6 Å². The number of hydrazone groups is 1. The zero-order valence-corrected chi connectivity index (χ0v) is 16.1. The van der Waals surface area contributed by atoms with Crippen LogP contribution in [0, 0.1) is 5.41 Å². The van der Waals surface area contributed by atoms with Crippen LogP contribution in [0.1, 0.15) is 18.4 Å². The molecule has 6 heteroatoms. The van der Waals surface area contributed by atoms with Crippen molar-refractivity contribution in [3.05, 3.63) is 81.2 Å². The van der Waals surface area contributed by atoms with Gasteiger partial charge in [0.15, 0.2) is 5.84 Å².